The van der Waals surface area contributed by atoms with E-state index in [4.69, 9.17) is 4.74 Å². The molecule has 25 heavy (non-hydrogen) atoms. The molecule has 5 heteroatoms. The van der Waals surface area contributed by atoms with Gasteiger partial charge in [-0.2, -0.15) is 0 Å². The standard InChI is InChI=1S/C20H30N2O3/c1-16-15-22(12-10-20(16,24)18-8-13-25-14-9-18)19(23)21-11-7-17-5-3-2-4-6-17/h2-6,16,18,24H,7-15H2,1H3,(H,21,23). The van der Waals surface area contributed by atoms with Crippen LogP contribution in [0, 0.1) is 11.8 Å². The van der Waals surface area contributed by atoms with Gasteiger partial charge in [0.05, 0.1) is 5.60 Å². The number of rotatable bonds is 4. The van der Waals surface area contributed by atoms with Gasteiger partial charge in [0.1, 0.15) is 0 Å². The van der Waals surface area contributed by atoms with Gasteiger partial charge in [-0.3, -0.25) is 0 Å². The summed E-state index contributed by atoms with van der Waals surface area (Å²) in [5.74, 6) is 0.378. The monoisotopic (exact) mass is 346 g/mol. The summed E-state index contributed by atoms with van der Waals surface area (Å²) in [6, 6.07) is 10.2. The van der Waals surface area contributed by atoms with Gasteiger partial charge in [0, 0.05) is 38.8 Å². The Hall–Kier alpha value is -1.59. The first-order valence-electron chi connectivity index (χ1n) is 9.46. The van der Waals surface area contributed by atoms with Crippen LogP contribution in [0.4, 0.5) is 4.79 Å². The van der Waals surface area contributed by atoms with Crippen LogP contribution in [0.3, 0.4) is 0 Å². The van der Waals surface area contributed by atoms with E-state index in [1.54, 1.807) is 0 Å². The molecule has 2 atom stereocenters. The number of ether oxygens (including phenoxy) is 1. The molecule has 0 spiro atoms. The van der Waals surface area contributed by atoms with Crippen molar-refractivity contribution >= 4 is 6.03 Å². The zero-order valence-electron chi connectivity index (χ0n) is 15.1. The second-order valence-electron chi connectivity index (χ2n) is 7.44. The maximum absolute atomic E-state index is 12.4. The Morgan fingerprint density at radius 2 is 2.04 bits per heavy atom. The fourth-order valence-electron chi connectivity index (χ4n) is 4.20. The quantitative estimate of drug-likeness (QED) is 0.880. The third kappa shape index (κ3) is 4.33. The van der Waals surface area contributed by atoms with Gasteiger partial charge in [-0.1, -0.05) is 37.3 Å². The van der Waals surface area contributed by atoms with E-state index in [-0.39, 0.29) is 11.9 Å². The van der Waals surface area contributed by atoms with Crippen LogP contribution < -0.4 is 5.32 Å². The zero-order chi connectivity index (χ0) is 17.7. The average molecular weight is 346 g/mol. The van der Waals surface area contributed by atoms with Crippen molar-refractivity contribution in [1.82, 2.24) is 10.2 Å². The molecule has 2 fully saturated rings. The molecule has 2 aliphatic rings. The number of hydrogen-bond acceptors (Lipinski definition) is 3. The molecule has 2 unspecified atom stereocenters. The molecule has 2 saturated heterocycles. The van der Waals surface area contributed by atoms with Crippen molar-refractivity contribution in [3.63, 3.8) is 0 Å². The molecule has 0 saturated carbocycles. The van der Waals surface area contributed by atoms with Gasteiger partial charge in [0.2, 0.25) is 0 Å². The van der Waals surface area contributed by atoms with Crippen LogP contribution in [0.25, 0.3) is 0 Å². The predicted molar refractivity (Wildman–Crippen MR) is 97.4 cm³/mol. The van der Waals surface area contributed by atoms with E-state index in [1.807, 2.05) is 23.1 Å². The zero-order valence-corrected chi connectivity index (χ0v) is 15.1. The molecule has 2 amide bonds. The molecule has 1 aromatic carbocycles. The number of aliphatic hydroxyl groups is 1. The Kier molecular flexibility index (Phi) is 5.97. The Morgan fingerprint density at radius 1 is 1.32 bits per heavy atom. The summed E-state index contributed by atoms with van der Waals surface area (Å²) in [5.41, 5.74) is 0.564. The second kappa shape index (κ2) is 8.19. The lowest BCUT2D eigenvalue weighted by Crippen LogP contribution is -2.58. The van der Waals surface area contributed by atoms with Gasteiger partial charge < -0.3 is 20.1 Å². The number of amides is 2. The van der Waals surface area contributed by atoms with Crippen LogP contribution in [0.2, 0.25) is 0 Å². The van der Waals surface area contributed by atoms with Crippen LogP contribution in [-0.4, -0.2) is 54.5 Å². The number of nitrogens with one attached hydrogen (secondary N) is 1. The Bertz CT molecular complexity index is 559. The number of carbonyl (C=O) groups is 1. The smallest absolute Gasteiger partial charge is 0.317 e. The summed E-state index contributed by atoms with van der Waals surface area (Å²) in [4.78, 5) is 14.3. The third-order valence-corrected chi connectivity index (χ3v) is 5.88. The molecule has 1 aromatic rings. The topological polar surface area (TPSA) is 61.8 Å². The van der Waals surface area contributed by atoms with Crippen LogP contribution in [0.1, 0.15) is 31.7 Å². The number of hydrogen-bond donors (Lipinski definition) is 2. The van der Waals surface area contributed by atoms with Crippen molar-refractivity contribution in [2.45, 2.75) is 38.2 Å². The molecule has 3 rings (SSSR count). The van der Waals surface area contributed by atoms with Gasteiger partial charge in [0.25, 0.3) is 0 Å². The lowest BCUT2D eigenvalue weighted by atomic mass is 9.70. The molecule has 138 valence electrons. The SMILES string of the molecule is CC1CN(C(=O)NCCc2ccccc2)CCC1(O)C1CCOCC1. The predicted octanol–water partition coefficient (Wildman–Crippen LogP) is 2.44. The summed E-state index contributed by atoms with van der Waals surface area (Å²) in [5, 5.41) is 14.2. The number of benzene rings is 1. The van der Waals surface area contributed by atoms with Crippen molar-refractivity contribution < 1.29 is 14.6 Å². The lowest BCUT2D eigenvalue weighted by Gasteiger charge is -2.48. The van der Waals surface area contributed by atoms with Gasteiger partial charge in [-0.05, 0) is 37.2 Å². The molecular weight excluding hydrogens is 316 g/mol. The lowest BCUT2D eigenvalue weighted by molar-refractivity contribution is -0.125. The number of carbonyl (C=O) groups excluding carboxylic acids is 1. The highest BCUT2D eigenvalue weighted by molar-refractivity contribution is 5.74. The number of urea groups is 1. The maximum Gasteiger partial charge on any atom is 0.317 e. The van der Waals surface area contributed by atoms with Crippen molar-refractivity contribution in [1.29, 1.82) is 0 Å². The summed E-state index contributed by atoms with van der Waals surface area (Å²) in [6.45, 7) is 5.42. The fraction of sp³-hybridized carbons (Fsp3) is 0.650. The first kappa shape index (κ1) is 18.2. The largest absolute Gasteiger partial charge is 0.389 e. The minimum atomic E-state index is -0.662. The van der Waals surface area contributed by atoms with Crippen LogP contribution in [0.15, 0.2) is 30.3 Å². The molecular formula is C20H30N2O3. The normalized spacial score (nSPS) is 27.9. The van der Waals surface area contributed by atoms with E-state index >= 15 is 0 Å². The molecule has 2 heterocycles. The number of likely N-dealkylation sites (tertiary alicyclic amines) is 1. The van der Waals surface area contributed by atoms with Crippen LogP contribution in [0.5, 0.6) is 0 Å². The molecule has 0 aromatic heterocycles. The summed E-state index contributed by atoms with van der Waals surface area (Å²) >= 11 is 0. The number of nitrogens with zero attached hydrogens (tertiary/aromatic N) is 1. The molecule has 0 radical (unpaired) electrons. The number of piperidine rings is 1. The van der Waals surface area contributed by atoms with Gasteiger partial charge >= 0.3 is 6.03 Å². The van der Waals surface area contributed by atoms with E-state index in [9.17, 15) is 9.90 Å². The first-order chi connectivity index (χ1) is 12.1. The highest BCUT2D eigenvalue weighted by atomic mass is 16.5. The van der Waals surface area contributed by atoms with Crippen molar-refractivity contribution in [3.05, 3.63) is 35.9 Å². The second-order valence-corrected chi connectivity index (χ2v) is 7.44. The van der Waals surface area contributed by atoms with Gasteiger partial charge in [-0.25, -0.2) is 4.79 Å². The van der Waals surface area contributed by atoms with Crippen molar-refractivity contribution in [2.75, 3.05) is 32.8 Å². The van der Waals surface area contributed by atoms with Crippen molar-refractivity contribution in [3.8, 4) is 0 Å². The van der Waals surface area contributed by atoms with E-state index in [1.165, 1.54) is 5.56 Å². The molecule has 0 bridgehead atoms. The van der Waals surface area contributed by atoms with Crippen LogP contribution in [-0.2, 0) is 11.2 Å². The summed E-state index contributed by atoms with van der Waals surface area (Å²) < 4.78 is 5.43. The molecule has 5 nitrogen and oxygen atoms in total. The third-order valence-electron chi connectivity index (χ3n) is 5.88. The van der Waals surface area contributed by atoms with E-state index in [0.717, 1.165) is 32.5 Å². The minimum absolute atomic E-state index is 0.0168. The van der Waals surface area contributed by atoms with Gasteiger partial charge in [0.15, 0.2) is 0 Å². The molecule has 2 aliphatic heterocycles. The summed E-state index contributed by atoms with van der Waals surface area (Å²) in [7, 11) is 0. The highest BCUT2D eigenvalue weighted by Gasteiger charge is 2.45. The van der Waals surface area contributed by atoms with Crippen LogP contribution >= 0.6 is 0 Å². The maximum atomic E-state index is 12.4. The van der Waals surface area contributed by atoms with Crippen molar-refractivity contribution in [2.24, 2.45) is 11.8 Å². The Labute approximate surface area is 150 Å². The molecule has 0 aliphatic carbocycles. The average Bonchev–Trinajstić information content (AvgIpc) is 2.65. The Balaban J connectivity index is 1.47. The van der Waals surface area contributed by atoms with E-state index in [0.29, 0.717) is 32.0 Å². The minimum Gasteiger partial charge on any atom is -0.389 e. The highest BCUT2D eigenvalue weighted by Crippen LogP contribution is 2.39. The summed E-state index contributed by atoms with van der Waals surface area (Å²) in [6.07, 6.45) is 3.33. The Morgan fingerprint density at radius 3 is 2.72 bits per heavy atom. The van der Waals surface area contributed by atoms with E-state index < -0.39 is 5.60 Å². The van der Waals surface area contributed by atoms with Gasteiger partial charge in [-0.15, -0.1) is 0 Å². The van der Waals surface area contributed by atoms with E-state index in [2.05, 4.69) is 24.4 Å². The molecule has 2 N–H and O–H groups in total. The first-order valence-corrected chi connectivity index (χ1v) is 9.46. The fourth-order valence-corrected chi connectivity index (χ4v) is 4.20.